The molecule has 0 atom stereocenters. The van der Waals surface area contributed by atoms with Crippen LogP contribution < -0.4 is 4.74 Å². The van der Waals surface area contributed by atoms with Gasteiger partial charge in [0.25, 0.3) is 0 Å². The minimum atomic E-state index is -0.961. The molecular weight excluding hydrogens is 445 g/mol. The van der Waals surface area contributed by atoms with Crippen molar-refractivity contribution in [3.63, 3.8) is 0 Å². The van der Waals surface area contributed by atoms with Gasteiger partial charge in [0.15, 0.2) is 23.2 Å². The predicted octanol–water partition coefficient (Wildman–Crippen LogP) is 9.63. The van der Waals surface area contributed by atoms with E-state index in [1.165, 1.54) is 71.1 Å². The Morgan fingerprint density at radius 1 is 0.743 bits per heavy atom. The lowest BCUT2D eigenvalue weighted by Gasteiger charge is -2.38. The molecule has 2 aromatic carbocycles. The molecule has 1 nitrogen and oxygen atoms in total. The SMILES string of the molecule is CCCCCC1CCC(C2CCC(COc3ccc4c(c3F)-c3c-4cc(C)c(F)c3F)CC2)CC1. The number of ether oxygens (including phenoxy) is 1. The Labute approximate surface area is 208 Å². The molecule has 0 radical (unpaired) electrons. The molecule has 2 saturated carbocycles. The van der Waals surface area contributed by atoms with Crippen LogP contribution in [0.4, 0.5) is 13.2 Å². The average molecular weight is 485 g/mol. The summed E-state index contributed by atoms with van der Waals surface area (Å²) in [6, 6.07) is 4.99. The molecule has 0 bridgehead atoms. The minimum Gasteiger partial charge on any atom is -0.490 e. The van der Waals surface area contributed by atoms with Crippen molar-refractivity contribution in [3.05, 3.63) is 41.2 Å². The van der Waals surface area contributed by atoms with E-state index in [0.717, 1.165) is 30.6 Å². The first-order valence-electron chi connectivity index (χ1n) is 13.9. The highest BCUT2D eigenvalue weighted by Gasteiger charge is 2.34. The van der Waals surface area contributed by atoms with E-state index in [1.807, 2.05) is 0 Å². The van der Waals surface area contributed by atoms with Crippen molar-refractivity contribution in [1.82, 2.24) is 0 Å². The first kappa shape index (κ1) is 24.7. The van der Waals surface area contributed by atoms with Gasteiger partial charge in [-0.25, -0.2) is 13.2 Å². The molecule has 35 heavy (non-hydrogen) atoms. The lowest BCUT2D eigenvalue weighted by atomic mass is 9.69. The van der Waals surface area contributed by atoms with Crippen LogP contribution in [0.15, 0.2) is 18.2 Å². The summed E-state index contributed by atoms with van der Waals surface area (Å²) in [6.07, 6.45) is 15.9. The highest BCUT2D eigenvalue weighted by molar-refractivity contribution is 6.03. The Bertz CT molecular complexity index is 1050. The van der Waals surface area contributed by atoms with Gasteiger partial charge >= 0.3 is 0 Å². The van der Waals surface area contributed by atoms with Gasteiger partial charge in [0, 0.05) is 11.1 Å². The first-order chi connectivity index (χ1) is 17.0. The van der Waals surface area contributed by atoms with Gasteiger partial charge in [0.05, 0.1) is 6.61 Å². The number of benzene rings is 2. The molecule has 3 aliphatic carbocycles. The van der Waals surface area contributed by atoms with Crippen LogP contribution in [0.5, 0.6) is 5.75 Å². The van der Waals surface area contributed by atoms with Crippen molar-refractivity contribution in [2.24, 2.45) is 23.7 Å². The third-order valence-corrected chi connectivity index (χ3v) is 9.18. The van der Waals surface area contributed by atoms with E-state index in [-0.39, 0.29) is 22.4 Å². The lowest BCUT2D eigenvalue weighted by molar-refractivity contribution is 0.120. The van der Waals surface area contributed by atoms with Crippen LogP contribution in [0.25, 0.3) is 22.3 Å². The van der Waals surface area contributed by atoms with Gasteiger partial charge in [-0.3, -0.25) is 0 Å². The van der Waals surface area contributed by atoms with Crippen molar-refractivity contribution in [3.8, 4) is 28.0 Å². The first-order valence-corrected chi connectivity index (χ1v) is 13.9. The number of unbranched alkanes of at least 4 members (excludes halogenated alkanes) is 2. The van der Waals surface area contributed by atoms with Crippen molar-refractivity contribution in [2.75, 3.05) is 6.61 Å². The maximum atomic E-state index is 15.2. The fourth-order valence-electron chi connectivity index (χ4n) is 6.95. The molecule has 0 amide bonds. The second-order valence-corrected chi connectivity index (χ2v) is 11.4. The largest absolute Gasteiger partial charge is 0.490 e. The maximum Gasteiger partial charge on any atom is 0.173 e. The Morgan fingerprint density at radius 3 is 2.03 bits per heavy atom. The Morgan fingerprint density at radius 2 is 1.37 bits per heavy atom. The van der Waals surface area contributed by atoms with Crippen LogP contribution in [-0.2, 0) is 0 Å². The zero-order valence-corrected chi connectivity index (χ0v) is 21.3. The fourth-order valence-corrected chi connectivity index (χ4v) is 6.95. The van der Waals surface area contributed by atoms with E-state index in [4.69, 9.17) is 4.74 Å². The van der Waals surface area contributed by atoms with Crippen LogP contribution in [0, 0.1) is 48.0 Å². The van der Waals surface area contributed by atoms with Crippen LogP contribution in [0.2, 0.25) is 0 Å². The number of rotatable bonds is 8. The molecule has 3 aliphatic rings. The third-order valence-electron chi connectivity index (χ3n) is 9.18. The summed E-state index contributed by atoms with van der Waals surface area (Å²) >= 11 is 0. The van der Waals surface area contributed by atoms with Crippen molar-refractivity contribution in [2.45, 2.75) is 90.9 Å². The number of fused-ring (bicyclic) bond motifs is 4. The van der Waals surface area contributed by atoms with Gasteiger partial charge in [-0.05, 0) is 104 Å². The van der Waals surface area contributed by atoms with Gasteiger partial charge in [0.1, 0.15) is 0 Å². The quantitative estimate of drug-likeness (QED) is 0.289. The van der Waals surface area contributed by atoms with Gasteiger partial charge in [-0.2, -0.15) is 0 Å². The standard InChI is InChI=1S/C31H39F3O/c1-3-4-5-6-20-7-11-22(12-8-20)23-13-9-21(10-14-23)18-35-26-16-15-24-25-17-19(2)29(32)31(34)28(25)27(24)30(26)33/h15-17,20-23H,3-14,18H2,1-2H3. The lowest BCUT2D eigenvalue weighted by Crippen LogP contribution is -2.27. The molecule has 2 aromatic rings. The molecule has 2 fully saturated rings. The summed E-state index contributed by atoms with van der Waals surface area (Å²) in [5.74, 6) is 0.851. The van der Waals surface area contributed by atoms with Crippen LogP contribution in [0.1, 0.15) is 89.5 Å². The zero-order valence-electron chi connectivity index (χ0n) is 21.3. The molecule has 0 aromatic heterocycles. The van der Waals surface area contributed by atoms with E-state index < -0.39 is 17.5 Å². The molecule has 5 rings (SSSR count). The van der Waals surface area contributed by atoms with Crippen LogP contribution >= 0.6 is 0 Å². The van der Waals surface area contributed by atoms with Crippen LogP contribution in [0.3, 0.4) is 0 Å². The monoisotopic (exact) mass is 484 g/mol. The second-order valence-electron chi connectivity index (χ2n) is 11.4. The summed E-state index contributed by atoms with van der Waals surface area (Å²) in [5, 5.41) is 0. The van der Waals surface area contributed by atoms with Crippen molar-refractivity contribution in [1.29, 1.82) is 0 Å². The number of halogens is 3. The number of hydrogen-bond acceptors (Lipinski definition) is 1. The Hall–Kier alpha value is -1.97. The Kier molecular flexibility index (Phi) is 7.46. The zero-order chi connectivity index (χ0) is 24.5. The van der Waals surface area contributed by atoms with Gasteiger partial charge in [-0.15, -0.1) is 0 Å². The minimum absolute atomic E-state index is 0.0478. The van der Waals surface area contributed by atoms with Crippen LogP contribution in [-0.4, -0.2) is 6.61 Å². The van der Waals surface area contributed by atoms with E-state index in [9.17, 15) is 8.78 Å². The molecule has 0 aliphatic heterocycles. The average Bonchev–Trinajstić information content (AvgIpc) is 2.87. The van der Waals surface area contributed by atoms with E-state index in [1.54, 1.807) is 18.2 Å². The predicted molar refractivity (Wildman–Crippen MR) is 136 cm³/mol. The fraction of sp³-hybridized carbons (Fsp3) is 0.613. The van der Waals surface area contributed by atoms with Gasteiger partial charge in [-0.1, -0.05) is 45.4 Å². The van der Waals surface area contributed by atoms with E-state index in [2.05, 4.69) is 6.92 Å². The molecular formula is C31H39F3O. The molecule has 0 unspecified atom stereocenters. The molecule has 190 valence electrons. The van der Waals surface area contributed by atoms with Gasteiger partial charge in [0.2, 0.25) is 0 Å². The molecule has 0 saturated heterocycles. The molecule has 0 N–H and O–H groups in total. The summed E-state index contributed by atoms with van der Waals surface area (Å²) in [6.45, 7) is 4.30. The van der Waals surface area contributed by atoms with Gasteiger partial charge < -0.3 is 4.74 Å². The second kappa shape index (κ2) is 10.6. The smallest absolute Gasteiger partial charge is 0.173 e. The summed E-state index contributed by atoms with van der Waals surface area (Å²) in [7, 11) is 0. The van der Waals surface area contributed by atoms with E-state index >= 15 is 4.39 Å². The maximum absolute atomic E-state index is 15.2. The topological polar surface area (TPSA) is 9.23 Å². The Balaban J connectivity index is 1.11. The summed E-state index contributed by atoms with van der Waals surface area (Å²) in [5.41, 5.74) is 1.65. The normalized spacial score (nSPS) is 25.5. The summed E-state index contributed by atoms with van der Waals surface area (Å²) in [4.78, 5) is 0. The number of aryl methyl sites for hydroxylation is 1. The van der Waals surface area contributed by atoms with E-state index in [0.29, 0.717) is 23.7 Å². The van der Waals surface area contributed by atoms with Crippen molar-refractivity contribution < 1.29 is 17.9 Å². The molecule has 4 heteroatoms. The highest BCUT2D eigenvalue weighted by atomic mass is 19.2. The highest BCUT2D eigenvalue weighted by Crippen LogP contribution is 2.52. The molecule has 0 heterocycles. The van der Waals surface area contributed by atoms with Crippen molar-refractivity contribution >= 4 is 0 Å². The third kappa shape index (κ3) is 4.87. The number of hydrogen-bond donors (Lipinski definition) is 0. The molecule has 0 spiro atoms. The summed E-state index contributed by atoms with van der Waals surface area (Å²) < 4.78 is 49.6.